The first-order valence-electron chi connectivity index (χ1n) is 5.68. The minimum absolute atomic E-state index is 0.110. The first kappa shape index (κ1) is 15.6. The SMILES string of the molecule is N#Cc1cc(Br)ccc1NC(=O)c1cc(N)cc(Cl)c1Cl. The van der Waals surface area contributed by atoms with Gasteiger partial charge >= 0.3 is 0 Å². The van der Waals surface area contributed by atoms with E-state index in [0.717, 1.165) is 4.47 Å². The van der Waals surface area contributed by atoms with Crippen LogP contribution in [-0.4, -0.2) is 5.91 Å². The Morgan fingerprint density at radius 1 is 1.29 bits per heavy atom. The average Bonchev–Trinajstić information content (AvgIpc) is 2.44. The number of nitriles is 1. The van der Waals surface area contributed by atoms with E-state index in [1.165, 1.54) is 12.1 Å². The molecule has 0 aliphatic rings. The van der Waals surface area contributed by atoms with Crippen LogP contribution in [0, 0.1) is 11.3 Å². The lowest BCUT2D eigenvalue weighted by Crippen LogP contribution is -2.14. The van der Waals surface area contributed by atoms with E-state index in [0.29, 0.717) is 16.9 Å². The maximum atomic E-state index is 12.3. The minimum Gasteiger partial charge on any atom is -0.399 e. The van der Waals surface area contributed by atoms with Gasteiger partial charge in [-0.25, -0.2) is 0 Å². The van der Waals surface area contributed by atoms with E-state index in [9.17, 15) is 4.79 Å². The molecule has 106 valence electrons. The van der Waals surface area contributed by atoms with Gasteiger partial charge in [0.2, 0.25) is 0 Å². The predicted molar refractivity (Wildman–Crippen MR) is 87.7 cm³/mol. The summed E-state index contributed by atoms with van der Waals surface area (Å²) in [5, 5.41) is 12.0. The third kappa shape index (κ3) is 3.48. The number of nitrogens with one attached hydrogen (secondary N) is 1. The fourth-order valence-electron chi connectivity index (χ4n) is 1.68. The number of nitrogens with zero attached hydrogens (tertiary/aromatic N) is 1. The summed E-state index contributed by atoms with van der Waals surface area (Å²) in [5.74, 6) is -0.493. The Hall–Kier alpha value is -1.74. The molecule has 4 nitrogen and oxygen atoms in total. The van der Waals surface area contributed by atoms with Crippen LogP contribution in [0.15, 0.2) is 34.8 Å². The number of carbonyl (C=O) groups is 1. The molecule has 0 spiro atoms. The lowest BCUT2D eigenvalue weighted by molar-refractivity contribution is 0.102. The van der Waals surface area contributed by atoms with Crippen LogP contribution in [0.1, 0.15) is 15.9 Å². The fraction of sp³-hybridized carbons (Fsp3) is 0. The van der Waals surface area contributed by atoms with Crippen LogP contribution in [0.2, 0.25) is 10.0 Å². The highest BCUT2D eigenvalue weighted by molar-refractivity contribution is 9.10. The molecule has 2 aromatic rings. The molecule has 0 radical (unpaired) electrons. The standard InChI is InChI=1S/C14H8BrCl2N3O/c15-8-1-2-12(7(3-8)6-18)20-14(21)10-4-9(19)5-11(16)13(10)17/h1-5H,19H2,(H,20,21). The van der Waals surface area contributed by atoms with Crippen molar-refractivity contribution in [3.8, 4) is 6.07 Å². The second kappa shape index (κ2) is 6.35. The lowest BCUT2D eigenvalue weighted by atomic mass is 10.1. The molecule has 2 rings (SSSR count). The summed E-state index contributed by atoms with van der Waals surface area (Å²) in [5.41, 5.74) is 6.82. The molecule has 0 aliphatic carbocycles. The Balaban J connectivity index is 2.38. The number of rotatable bonds is 2. The van der Waals surface area contributed by atoms with Crippen molar-refractivity contribution in [1.82, 2.24) is 0 Å². The number of anilines is 2. The van der Waals surface area contributed by atoms with E-state index >= 15 is 0 Å². The summed E-state index contributed by atoms with van der Waals surface area (Å²) in [6.07, 6.45) is 0. The highest BCUT2D eigenvalue weighted by atomic mass is 79.9. The number of hydrogen-bond donors (Lipinski definition) is 2. The van der Waals surface area contributed by atoms with E-state index in [4.69, 9.17) is 34.2 Å². The monoisotopic (exact) mass is 383 g/mol. The van der Waals surface area contributed by atoms with Crippen LogP contribution >= 0.6 is 39.1 Å². The van der Waals surface area contributed by atoms with Crippen molar-refractivity contribution < 1.29 is 4.79 Å². The van der Waals surface area contributed by atoms with E-state index in [-0.39, 0.29) is 15.6 Å². The number of nitrogens with two attached hydrogens (primary N) is 1. The highest BCUT2D eigenvalue weighted by Gasteiger charge is 2.16. The largest absolute Gasteiger partial charge is 0.399 e. The van der Waals surface area contributed by atoms with E-state index in [1.54, 1.807) is 18.2 Å². The highest BCUT2D eigenvalue weighted by Crippen LogP contribution is 2.30. The van der Waals surface area contributed by atoms with Gasteiger partial charge in [-0.15, -0.1) is 0 Å². The Labute approximate surface area is 139 Å². The molecule has 0 atom stereocenters. The number of nitrogen functional groups attached to an aromatic ring is 1. The van der Waals surface area contributed by atoms with Crippen molar-refractivity contribution >= 4 is 56.4 Å². The Kier molecular flexibility index (Phi) is 4.73. The first-order valence-corrected chi connectivity index (χ1v) is 7.23. The van der Waals surface area contributed by atoms with Crippen molar-refractivity contribution in [2.24, 2.45) is 0 Å². The van der Waals surface area contributed by atoms with Gasteiger partial charge in [0, 0.05) is 10.2 Å². The zero-order valence-corrected chi connectivity index (χ0v) is 13.6. The zero-order valence-electron chi connectivity index (χ0n) is 10.5. The third-order valence-electron chi connectivity index (χ3n) is 2.65. The Morgan fingerprint density at radius 3 is 2.67 bits per heavy atom. The van der Waals surface area contributed by atoms with Crippen molar-refractivity contribution in [2.45, 2.75) is 0 Å². The summed E-state index contributed by atoms with van der Waals surface area (Å²) >= 11 is 15.2. The first-order chi connectivity index (χ1) is 9.92. The maximum Gasteiger partial charge on any atom is 0.257 e. The number of benzene rings is 2. The van der Waals surface area contributed by atoms with Gasteiger partial charge in [0.1, 0.15) is 6.07 Å². The fourth-order valence-corrected chi connectivity index (χ4v) is 2.47. The minimum atomic E-state index is -0.493. The van der Waals surface area contributed by atoms with Crippen LogP contribution < -0.4 is 11.1 Å². The molecule has 0 unspecified atom stereocenters. The van der Waals surface area contributed by atoms with Crippen LogP contribution in [0.25, 0.3) is 0 Å². The second-order valence-electron chi connectivity index (χ2n) is 4.12. The molecule has 0 bridgehead atoms. The molecular weight excluding hydrogens is 377 g/mol. The molecule has 1 amide bonds. The van der Waals surface area contributed by atoms with Gasteiger partial charge in [-0.2, -0.15) is 5.26 Å². The molecule has 21 heavy (non-hydrogen) atoms. The Morgan fingerprint density at radius 2 is 2.00 bits per heavy atom. The molecule has 2 aromatic carbocycles. The molecule has 0 saturated carbocycles. The number of carbonyl (C=O) groups excluding carboxylic acids is 1. The van der Waals surface area contributed by atoms with Crippen molar-refractivity contribution in [2.75, 3.05) is 11.1 Å². The number of halogens is 3. The normalized spacial score (nSPS) is 10.0. The zero-order chi connectivity index (χ0) is 15.6. The van der Waals surface area contributed by atoms with Gasteiger partial charge in [-0.1, -0.05) is 39.1 Å². The predicted octanol–water partition coefficient (Wildman–Crippen LogP) is 4.46. The summed E-state index contributed by atoms with van der Waals surface area (Å²) in [4.78, 5) is 12.3. The summed E-state index contributed by atoms with van der Waals surface area (Å²) in [6.45, 7) is 0. The molecular formula is C14H8BrCl2N3O. The lowest BCUT2D eigenvalue weighted by Gasteiger charge is -2.10. The van der Waals surface area contributed by atoms with Gasteiger partial charge in [-0.3, -0.25) is 4.79 Å². The molecule has 0 saturated heterocycles. The van der Waals surface area contributed by atoms with E-state index < -0.39 is 5.91 Å². The Bertz CT molecular complexity index is 772. The summed E-state index contributed by atoms with van der Waals surface area (Å²) in [7, 11) is 0. The molecule has 7 heteroatoms. The third-order valence-corrected chi connectivity index (χ3v) is 3.94. The summed E-state index contributed by atoms with van der Waals surface area (Å²) in [6, 6.07) is 9.81. The van der Waals surface area contributed by atoms with Crippen molar-refractivity contribution in [3.63, 3.8) is 0 Å². The molecule has 0 fully saturated rings. The van der Waals surface area contributed by atoms with Crippen LogP contribution in [0.3, 0.4) is 0 Å². The average molecular weight is 385 g/mol. The van der Waals surface area contributed by atoms with Gasteiger partial charge in [-0.05, 0) is 30.3 Å². The molecule has 0 heterocycles. The van der Waals surface area contributed by atoms with Crippen LogP contribution in [0.4, 0.5) is 11.4 Å². The number of hydrogen-bond acceptors (Lipinski definition) is 3. The van der Waals surface area contributed by atoms with Crippen molar-refractivity contribution in [3.05, 3.63) is 56.0 Å². The summed E-state index contributed by atoms with van der Waals surface area (Å²) < 4.78 is 0.738. The smallest absolute Gasteiger partial charge is 0.257 e. The van der Waals surface area contributed by atoms with E-state index in [2.05, 4.69) is 21.2 Å². The second-order valence-corrected chi connectivity index (χ2v) is 5.82. The molecule has 3 N–H and O–H groups in total. The number of amides is 1. The topological polar surface area (TPSA) is 78.9 Å². The van der Waals surface area contributed by atoms with E-state index in [1.807, 2.05) is 6.07 Å². The van der Waals surface area contributed by atoms with Crippen LogP contribution in [-0.2, 0) is 0 Å². The van der Waals surface area contributed by atoms with Crippen molar-refractivity contribution in [1.29, 1.82) is 5.26 Å². The van der Waals surface area contributed by atoms with Crippen LogP contribution in [0.5, 0.6) is 0 Å². The van der Waals surface area contributed by atoms with Gasteiger partial charge in [0.05, 0.1) is 26.9 Å². The van der Waals surface area contributed by atoms with Gasteiger partial charge < -0.3 is 11.1 Å². The van der Waals surface area contributed by atoms with Gasteiger partial charge in [0.25, 0.3) is 5.91 Å². The molecule has 0 aromatic heterocycles. The maximum absolute atomic E-state index is 12.3. The quantitative estimate of drug-likeness (QED) is 0.750. The van der Waals surface area contributed by atoms with Gasteiger partial charge in [0.15, 0.2) is 0 Å². The molecule has 0 aliphatic heterocycles.